The molecule has 0 unspecified atom stereocenters. The molecule has 0 spiro atoms. The van der Waals surface area contributed by atoms with Gasteiger partial charge in [0.15, 0.2) is 0 Å². The number of rotatable bonds is 1. The van der Waals surface area contributed by atoms with E-state index in [0.29, 0.717) is 6.04 Å². The molecule has 1 aromatic heterocycles. The van der Waals surface area contributed by atoms with Crippen molar-refractivity contribution >= 4 is 0 Å². The lowest BCUT2D eigenvalue weighted by atomic mass is 10.2. The van der Waals surface area contributed by atoms with Gasteiger partial charge in [0.25, 0.3) is 5.56 Å². The van der Waals surface area contributed by atoms with E-state index in [2.05, 4.69) is 10.4 Å². The van der Waals surface area contributed by atoms with E-state index in [1.165, 1.54) is 12.8 Å². The Morgan fingerprint density at radius 3 is 2.71 bits per heavy atom. The van der Waals surface area contributed by atoms with Crippen molar-refractivity contribution in [2.45, 2.75) is 44.8 Å². The first-order valence-corrected chi connectivity index (χ1v) is 5.39. The van der Waals surface area contributed by atoms with Crippen LogP contribution in [0.2, 0.25) is 0 Å². The number of hydrogen-bond donors (Lipinski definition) is 2. The summed E-state index contributed by atoms with van der Waals surface area (Å²) in [6.45, 7) is 1.56. The van der Waals surface area contributed by atoms with E-state index >= 15 is 0 Å². The summed E-state index contributed by atoms with van der Waals surface area (Å²) in [5, 5.41) is 6.43. The van der Waals surface area contributed by atoms with E-state index in [9.17, 15) is 4.79 Å². The van der Waals surface area contributed by atoms with E-state index in [1.807, 2.05) is 4.68 Å². The Morgan fingerprint density at radius 1 is 1.21 bits per heavy atom. The van der Waals surface area contributed by atoms with Gasteiger partial charge in [0.05, 0.1) is 17.3 Å². The zero-order valence-electron chi connectivity index (χ0n) is 8.18. The number of hydrogen-bond acceptors (Lipinski definition) is 2. The molecular formula is C10H15N3O. The van der Waals surface area contributed by atoms with Crippen molar-refractivity contribution in [3.63, 3.8) is 0 Å². The van der Waals surface area contributed by atoms with Crippen LogP contribution in [-0.4, -0.2) is 9.78 Å². The van der Waals surface area contributed by atoms with Crippen LogP contribution < -0.4 is 10.9 Å². The van der Waals surface area contributed by atoms with Gasteiger partial charge in [0, 0.05) is 13.1 Å². The molecule has 1 aromatic rings. The molecule has 0 radical (unpaired) electrons. The largest absolute Gasteiger partial charge is 0.307 e. The highest BCUT2D eigenvalue weighted by molar-refractivity contribution is 5.21. The molecule has 1 fully saturated rings. The maximum atomic E-state index is 11.9. The lowest BCUT2D eigenvalue weighted by Crippen LogP contribution is -2.24. The van der Waals surface area contributed by atoms with Crippen molar-refractivity contribution in [3.8, 4) is 0 Å². The molecular weight excluding hydrogens is 178 g/mol. The van der Waals surface area contributed by atoms with Crippen LogP contribution in [0.5, 0.6) is 0 Å². The summed E-state index contributed by atoms with van der Waals surface area (Å²) in [5.41, 5.74) is 2.26. The molecule has 1 saturated carbocycles. The van der Waals surface area contributed by atoms with Gasteiger partial charge in [-0.25, -0.2) is 4.68 Å². The Labute approximate surface area is 82.3 Å². The molecule has 2 heterocycles. The van der Waals surface area contributed by atoms with Crippen LogP contribution in [0.25, 0.3) is 0 Å². The summed E-state index contributed by atoms with van der Waals surface area (Å²) in [7, 11) is 0. The van der Waals surface area contributed by atoms with Gasteiger partial charge >= 0.3 is 0 Å². The van der Waals surface area contributed by atoms with Crippen LogP contribution >= 0.6 is 0 Å². The minimum Gasteiger partial charge on any atom is -0.307 e. The molecule has 0 bridgehead atoms. The maximum absolute atomic E-state index is 11.9. The van der Waals surface area contributed by atoms with Gasteiger partial charge in [-0.2, -0.15) is 0 Å². The number of nitrogens with one attached hydrogen (secondary N) is 2. The van der Waals surface area contributed by atoms with Gasteiger partial charge in [-0.1, -0.05) is 12.8 Å². The Kier molecular flexibility index (Phi) is 1.77. The first-order chi connectivity index (χ1) is 6.86. The molecule has 14 heavy (non-hydrogen) atoms. The zero-order valence-corrected chi connectivity index (χ0v) is 8.18. The predicted molar refractivity (Wildman–Crippen MR) is 53.1 cm³/mol. The third-order valence-corrected chi connectivity index (χ3v) is 3.39. The van der Waals surface area contributed by atoms with E-state index in [4.69, 9.17) is 0 Å². The molecule has 4 nitrogen and oxygen atoms in total. The topological polar surface area (TPSA) is 49.8 Å². The average Bonchev–Trinajstić information content (AvgIpc) is 2.84. The van der Waals surface area contributed by atoms with Crippen LogP contribution in [0.4, 0.5) is 0 Å². The molecule has 4 heteroatoms. The van der Waals surface area contributed by atoms with Crippen LogP contribution in [0, 0.1) is 0 Å². The van der Waals surface area contributed by atoms with Gasteiger partial charge in [-0.3, -0.25) is 9.89 Å². The molecule has 0 amide bonds. The lowest BCUT2D eigenvalue weighted by Gasteiger charge is -2.09. The van der Waals surface area contributed by atoms with Gasteiger partial charge in [0.2, 0.25) is 0 Å². The Bertz CT molecular complexity index is 398. The summed E-state index contributed by atoms with van der Waals surface area (Å²) < 4.78 is 1.86. The zero-order chi connectivity index (χ0) is 9.54. The Balaban J connectivity index is 2.02. The minimum atomic E-state index is 0.205. The number of fused-ring (bicyclic) bond motifs is 1. The second kappa shape index (κ2) is 2.98. The molecule has 76 valence electrons. The average molecular weight is 193 g/mol. The fourth-order valence-corrected chi connectivity index (χ4v) is 2.60. The maximum Gasteiger partial charge on any atom is 0.271 e. The van der Waals surface area contributed by atoms with Crippen molar-refractivity contribution in [1.29, 1.82) is 0 Å². The van der Waals surface area contributed by atoms with E-state index in [1.54, 1.807) is 0 Å². The van der Waals surface area contributed by atoms with E-state index in [-0.39, 0.29) is 5.56 Å². The smallest absolute Gasteiger partial charge is 0.271 e. The van der Waals surface area contributed by atoms with Gasteiger partial charge < -0.3 is 5.32 Å². The molecule has 0 atom stereocenters. The molecule has 1 aliphatic carbocycles. The number of nitrogens with zero attached hydrogens (tertiary/aromatic N) is 1. The van der Waals surface area contributed by atoms with Crippen molar-refractivity contribution in [1.82, 2.24) is 15.1 Å². The fraction of sp³-hybridized carbons (Fsp3) is 0.700. The summed E-state index contributed by atoms with van der Waals surface area (Å²) in [5.74, 6) is 0. The number of aromatic amines is 1. The first kappa shape index (κ1) is 8.29. The highest BCUT2D eigenvalue weighted by Crippen LogP contribution is 2.28. The van der Waals surface area contributed by atoms with Crippen molar-refractivity contribution in [2.24, 2.45) is 0 Å². The van der Waals surface area contributed by atoms with Gasteiger partial charge in [-0.15, -0.1) is 0 Å². The third kappa shape index (κ3) is 1.07. The second-order valence-electron chi connectivity index (χ2n) is 4.29. The van der Waals surface area contributed by atoms with Crippen LogP contribution in [-0.2, 0) is 13.1 Å². The lowest BCUT2D eigenvalue weighted by molar-refractivity contribution is 0.446. The van der Waals surface area contributed by atoms with Gasteiger partial charge in [0.1, 0.15) is 0 Å². The molecule has 2 N–H and O–H groups in total. The van der Waals surface area contributed by atoms with E-state index < -0.39 is 0 Å². The first-order valence-electron chi connectivity index (χ1n) is 5.39. The second-order valence-corrected chi connectivity index (χ2v) is 4.29. The quantitative estimate of drug-likeness (QED) is 0.696. The van der Waals surface area contributed by atoms with Crippen molar-refractivity contribution in [3.05, 3.63) is 21.6 Å². The van der Waals surface area contributed by atoms with Gasteiger partial charge in [-0.05, 0) is 12.8 Å². The third-order valence-electron chi connectivity index (χ3n) is 3.39. The molecule has 2 aliphatic rings. The summed E-state index contributed by atoms with van der Waals surface area (Å²) >= 11 is 0. The number of H-pyrrole nitrogens is 1. The fourth-order valence-electron chi connectivity index (χ4n) is 2.60. The summed E-state index contributed by atoms with van der Waals surface area (Å²) in [6, 6.07) is 0.438. The predicted octanol–water partition coefficient (Wildman–Crippen LogP) is 0.895. The Morgan fingerprint density at radius 2 is 2.00 bits per heavy atom. The minimum absolute atomic E-state index is 0.205. The molecule has 1 aliphatic heterocycles. The van der Waals surface area contributed by atoms with Crippen molar-refractivity contribution < 1.29 is 0 Å². The van der Waals surface area contributed by atoms with Crippen LogP contribution in [0.15, 0.2) is 4.79 Å². The monoisotopic (exact) mass is 193 g/mol. The standard InChI is InChI=1S/C10H15N3O/c14-10-8-5-11-6-9(8)12-13(10)7-3-1-2-4-7/h7,11-12H,1-6H2. The van der Waals surface area contributed by atoms with Crippen LogP contribution in [0.3, 0.4) is 0 Å². The van der Waals surface area contributed by atoms with E-state index in [0.717, 1.165) is 37.2 Å². The highest BCUT2D eigenvalue weighted by Gasteiger charge is 2.24. The molecule has 0 aromatic carbocycles. The van der Waals surface area contributed by atoms with Crippen molar-refractivity contribution in [2.75, 3.05) is 0 Å². The summed E-state index contributed by atoms with van der Waals surface area (Å²) in [4.78, 5) is 11.9. The Hall–Kier alpha value is -1.03. The SMILES string of the molecule is O=c1c2c([nH]n1C1CCCC1)CNC2. The molecule has 0 saturated heterocycles. The van der Waals surface area contributed by atoms with Crippen LogP contribution in [0.1, 0.15) is 43.0 Å². The number of aromatic nitrogens is 2. The molecule has 3 rings (SSSR count). The normalized spacial score (nSPS) is 21.7. The highest BCUT2D eigenvalue weighted by atomic mass is 16.1. The summed E-state index contributed by atoms with van der Waals surface area (Å²) in [6.07, 6.45) is 4.84.